The SMILES string of the molecule is C#CCn1c(=NC(=O)c2ccc(S(=O)(=O)N(C)C3CC3)cc2)sc2cc(CCCC)ccc21. The van der Waals surface area contributed by atoms with Gasteiger partial charge in [-0.25, -0.2) is 8.42 Å². The number of amides is 1. The molecule has 0 aliphatic heterocycles. The number of hydrogen-bond acceptors (Lipinski definition) is 4. The molecule has 0 radical (unpaired) electrons. The molecular formula is C25H27N3O3S2. The van der Waals surface area contributed by atoms with Crippen LogP contribution in [0.3, 0.4) is 0 Å². The Morgan fingerprint density at radius 2 is 1.97 bits per heavy atom. The van der Waals surface area contributed by atoms with Gasteiger partial charge in [-0.15, -0.1) is 6.42 Å². The normalized spacial score (nSPS) is 14.7. The molecule has 1 aliphatic carbocycles. The van der Waals surface area contributed by atoms with Crippen molar-refractivity contribution in [3.05, 3.63) is 58.4 Å². The summed E-state index contributed by atoms with van der Waals surface area (Å²) in [4.78, 5) is 17.9. The van der Waals surface area contributed by atoms with E-state index in [9.17, 15) is 13.2 Å². The molecule has 0 N–H and O–H groups in total. The van der Waals surface area contributed by atoms with Gasteiger partial charge in [0, 0.05) is 18.7 Å². The number of benzene rings is 2. The number of aryl methyl sites for hydroxylation is 1. The molecule has 1 heterocycles. The molecule has 3 aromatic rings. The summed E-state index contributed by atoms with van der Waals surface area (Å²) in [7, 11) is -1.95. The molecule has 2 aromatic carbocycles. The fourth-order valence-corrected chi connectivity index (χ4v) is 6.21. The second-order valence-electron chi connectivity index (χ2n) is 8.27. The van der Waals surface area contributed by atoms with Gasteiger partial charge < -0.3 is 4.57 Å². The van der Waals surface area contributed by atoms with Gasteiger partial charge in [0.2, 0.25) is 10.0 Å². The number of aromatic nitrogens is 1. The van der Waals surface area contributed by atoms with E-state index >= 15 is 0 Å². The lowest BCUT2D eigenvalue weighted by atomic mass is 10.1. The summed E-state index contributed by atoms with van der Waals surface area (Å²) in [6.07, 6.45) is 10.6. The van der Waals surface area contributed by atoms with E-state index in [1.165, 1.54) is 45.5 Å². The Hall–Kier alpha value is -2.73. The minimum absolute atomic E-state index is 0.0772. The minimum Gasteiger partial charge on any atom is -0.305 e. The third-order valence-electron chi connectivity index (χ3n) is 5.85. The molecule has 172 valence electrons. The topological polar surface area (TPSA) is 71.7 Å². The van der Waals surface area contributed by atoms with E-state index in [2.05, 4.69) is 30.0 Å². The molecule has 0 unspecified atom stereocenters. The van der Waals surface area contributed by atoms with Crippen molar-refractivity contribution in [2.45, 2.75) is 56.5 Å². The van der Waals surface area contributed by atoms with Crippen LogP contribution in [0.1, 0.15) is 48.5 Å². The third-order valence-corrected chi connectivity index (χ3v) is 8.82. The second-order valence-corrected chi connectivity index (χ2v) is 11.3. The summed E-state index contributed by atoms with van der Waals surface area (Å²) in [5.74, 6) is 2.21. The highest BCUT2D eigenvalue weighted by molar-refractivity contribution is 7.89. The highest BCUT2D eigenvalue weighted by Gasteiger charge is 2.35. The van der Waals surface area contributed by atoms with Gasteiger partial charge in [-0.2, -0.15) is 9.30 Å². The zero-order valence-electron chi connectivity index (χ0n) is 18.8. The van der Waals surface area contributed by atoms with Crippen molar-refractivity contribution in [1.29, 1.82) is 0 Å². The van der Waals surface area contributed by atoms with Crippen LogP contribution in [0.5, 0.6) is 0 Å². The average molecular weight is 482 g/mol. The maximum absolute atomic E-state index is 12.9. The lowest BCUT2D eigenvalue weighted by Gasteiger charge is -2.16. The largest absolute Gasteiger partial charge is 0.305 e. The summed E-state index contributed by atoms with van der Waals surface area (Å²) in [5.41, 5.74) is 2.54. The number of carbonyl (C=O) groups is 1. The van der Waals surface area contributed by atoms with Crippen LogP contribution in [-0.4, -0.2) is 36.3 Å². The molecule has 1 amide bonds. The number of thiazole rings is 1. The summed E-state index contributed by atoms with van der Waals surface area (Å²) in [6, 6.07) is 12.3. The van der Waals surface area contributed by atoms with Crippen LogP contribution in [0.2, 0.25) is 0 Å². The fourth-order valence-electron chi connectivity index (χ4n) is 3.70. The van der Waals surface area contributed by atoms with Gasteiger partial charge in [0.15, 0.2) is 4.80 Å². The van der Waals surface area contributed by atoms with Crippen LogP contribution in [0, 0.1) is 12.3 Å². The lowest BCUT2D eigenvalue weighted by molar-refractivity contribution is 0.0998. The van der Waals surface area contributed by atoms with Gasteiger partial charge >= 0.3 is 0 Å². The van der Waals surface area contributed by atoms with Crippen LogP contribution < -0.4 is 4.80 Å². The Morgan fingerprint density at radius 1 is 1.24 bits per heavy atom. The Morgan fingerprint density at radius 3 is 2.61 bits per heavy atom. The number of nitrogens with zero attached hydrogens (tertiary/aromatic N) is 3. The highest BCUT2D eigenvalue weighted by atomic mass is 32.2. The first kappa shape index (κ1) is 23.4. The third kappa shape index (κ3) is 4.96. The molecular weight excluding hydrogens is 454 g/mol. The van der Waals surface area contributed by atoms with Crippen LogP contribution in [0.15, 0.2) is 52.4 Å². The van der Waals surface area contributed by atoms with Crippen molar-refractivity contribution in [2.75, 3.05) is 7.05 Å². The Balaban J connectivity index is 1.65. The highest BCUT2D eigenvalue weighted by Crippen LogP contribution is 2.30. The van der Waals surface area contributed by atoms with E-state index in [4.69, 9.17) is 6.42 Å². The molecule has 1 saturated carbocycles. The predicted molar refractivity (Wildman–Crippen MR) is 132 cm³/mol. The summed E-state index contributed by atoms with van der Waals surface area (Å²) in [5, 5.41) is 0. The van der Waals surface area contributed by atoms with Crippen molar-refractivity contribution in [3.8, 4) is 12.3 Å². The quantitative estimate of drug-likeness (QED) is 0.453. The first-order chi connectivity index (χ1) is 15.8. The van der Waals surface area contributed by atoms with E-state index in [1.54, 1.807) is 7.05 Å². The Kier molecular flexibility index (Phi) is 6.84. The van der Waals surface area contributed by atoms with Crippen molar-refractivity contribution in [2.24, 2.45) is 4.99 Å². The Bertz CT molecular complexity index is 1390. The zero-order chi connectivity index (χ0) is 23.6. The van der Waals surface area contributed by atoms with Gasteiger partial charge in [0.1, 0.15) is 0 Å². The molecule has 1 aromatic heterocycles. The number of carbonyl (C=O) groups excluding carboxylic acids is 1. The molecule has 6 nitrogen and oxygen atoms in total. The monoisotopic (exact) mass is 481 g/mol. The smallest absolute Gasteiger partial charge is 0.279 e. The maximum Gasteiger partial charge on any atom is 0.279 e. The van der Waals surface area contributed by atoms with Gasteiger partial charge in [-0.3, -0.25) is 4.79 Å². The fraction of sp³-hybridized carbons (Fsp3) is 0.360. The molecule has 1 fully saturated rings. The Labute approximate surface area is 198 Å². The lowest BCUT2D eigenvalue weighted by Crippen LogP contribution is -2.28. The van der Waals surface area contributed by atoms with Gasteiger partial charge in [0.25, 0.3) is 5.91 Å². The van der Waals surface area contributed by atoms with Gasteiger partial charge in [0.05, 0.1) is 21.7 Å². The molecule has 0 atom stereocenters. The predicted octanol–water partition coefficient (Wildman–Crippen LogP) is 4.20. The van der Waals surface area contributed by atoms with E-state index in [0.717, 1.165) is 42.3 Å². The minimum atomic E-state index is -3.55. The van der Waals surface area contributed by atoms with E-state index < -0.39 is 15.9 Å². The van der Waals surface area contributed by atoms with Gasteiger partial charge in [-0.1, -0.05) is 36.7 Å². The van der Waals surface area contributed by atoms with Crippen LogP contribution >= 0.6 is 11.3 Å². The zero-order valence-corrected chi connectivity index (χ0v) is 20.5. The van der Waals surface area contributed by atoms with Crippen LogP contribution in [0.25, 0.3) is 10.2 Å². The van der Waals surface area contributed by atoms with Crippen molar-refractivity contribution in [3.63, 3.8) is 0 Å². The number of unbranched alkanes of at least 4 members (excludes halogenated alkanes) is 1. The molecule has 33 heavy (non-hydrogen) atoms. The standard InChI is InChI=1S/C25H27N3O3S2/c1-4-6-7-18-8-15-22-23(17-18)32-25(28(22)16-5-2)26-24(29)19-9-13-21(14-10-19)33(30,31)27(3)20-11-12-20/h2,8-10,13-15,17,20H,4,6-7,11-12,16H2,1,3H3. The summed E-state index contributed by atoms with van der Waals surface area (Å²) < 4.78 is 29.7. The first-order valence-corrected chi connectivity index (χ1v) is 13.3. The van der Waals surface area contributed by atoms with E-state index in [1.807, 2.05) is 10.6 Å². The van der Waals surface area contributed by atoms with E-state index in [-0.39, 0.29) is 10.9 Å². The number of sulfonamides is 1. The molecule has 0 spiro atoms. The number of terminal acetylenes is 1. The number of rotatable bonds is 8. The van der Waals surface area contributed by atoms with Crippen molar-refractivity contribution < 1.29 is 13.2 Å². The molecule has 1 aliphatic rings. The molecule has 0 saturated heterocycles. The number of fused-ring (bicyclic) bond motifs is 1. The number of hydrogen-bond donors (Lipinski definition) is 0. The maximum atomic E-state index is 12.9. The van der Waals surface area contributed by atoms with E-state index in [0.29, 0.717) is 16.9 Å². The van der Waals surface area contributed by atoms with Gasteiger partial charge in [-0.05, 0) is 67.6 Å². The molecule has 8 heteroatoms. The van der Waals surface area contributed by atoms with Crippen LogP contribution in [0.4, 0.5) is 0 Å². The van der Waals surface area contributed by atoms with Crippen molar-refractivity contribution in [1.82, 2.24) is 8.87 Å². The van der Waals surface area contributed by atoms with Crippen molar-refractivity contribution >= 4 is 37.5 Å². The summed E-state index contributed by atoms with van der Waals surface area (Å²) >= 11 is 1.43. The van der Waals surface area contributed by atoms with Crippen LogP contribution in [-0.2, 0) is 23.0 Å². The molecule has 0 bridgehead atoms. The average Bonchev–Trinajstić information content (AvgIpc) is 3.61. The summed E-state index contributed by atoms with van der Waals surface area (Å²) in [6.45, 7) is 2.48. The molecule has 4 rings (SSSR count). The second kappa shape index (κ2) is 9.64. The first-order valence-electron chi connectivity index (χ1n) is 11.1.